The second-order valence-electron chi connectivity index (χ2n) is 6.44. The molecule has 1 saturated heterocycles. The zero-order chi connectivity index (χ0) is 18.5. The molecule has 3 rings (SSSR count). The summed E-state index contributed by atoms with van der Waals surface area (Å²) in [6.07, 6.45) is 3.79. The van der Waals surface area contributed by atoms with Crippen molar-refractivity contribution in [3.05, 3.63) is 51.7 Å². The van der Waals surface area contributed by atoms with Gasteiger partial charge in [0.1, 0.15) is 0 Å². The minimum absolute atomic E-state index is 0.143. The molecule has 2 amide bonds. The third-order valence-electron chi connectivity index (χ3n) is 4.62. The topological polar surface area (TPSA) is 81.7 Å². The third kappa shape index (κ3) is 4.23. The minimum Gasteiger partial charge on any atom is -0.372 e. The maximum Gasteiger partial charge on any atom is 0.284 e. The van der Waals surface area contributed by atoms with Crippen LogP contribution in [0.1, 0.15) is 57.1 Å². The van der Waals surface area contributed by atoms with Crippen molar-refractivity contribution in [1.82, 2.24) is 10.8 Å². The first-order chi connectivity index (χ1) is 12.6. The molecule has 7 heteroatoms. The number of hydroxylamine groups is 1. The molecular weight excluding hydrogens is 350 g/mol. The number of carbonyl (C=O) groups excluding carboxylic acids is 2. The Morgan fingerprint density at radius 3 is 2.23 bits per heavy atom. The van der Waals surface area contributed by atoms with Crippen molar-refractivity contribution in [3.8, 4) is 0 Å². The fourth-order valence-electron chi connectivity index (χ4n) is 3.11. The Morgan fingerprint density at radius 1 is 1.00 bits per heavy atom. The van der Waals surface area contributed by atoms with Crippen molar-refractivity contribution in [2.45, 2.75) is 32.2 Å². The van der Waals surface area contributed by atoms with Crippen molar-refractivity contribution in [3.63, 3.8) is 0 Å². The summed E-state index contributed by atoms with van der Waals surface area (Å²) < 4.78 is 0. The lowest BCUT2D eigenvalue weighted by atomic mass is 10.1. The zero-order valence-electron chi connectivity index (χ0n) is 14.7. The Morgan fingerprint density at radius 2 is 1.62 bits per heavy atom. The number of benzene rings is 1. The first-order valence-electron chi connectivity index (χ1n) is 8.78. The predicted octanol–water partition coefficient (Wildman–Crippen LogP) is 3.35. The van der Waals surface area contributed by atoms with Crippen LogP contribution in [0.4, 0.5) is 5.69 Å². The van der Waals surface area contributed by atoms with Crippen LogP contribution in [-0.4, -0.2) is 30.1 Å². The molecule has 2 aromatic rings. The second kappa shape index (κ2) is 8.33. The van der Waals surface area contributed by atoms with E-state index >= 15 is 0 Å². The average Bonchev–Trinajstić information content (AvgIpc) is 3.18. The van der Waals surface area contributed by atoms with Crippen molar-refractivity contribution >= 4 is 28.8 Å². The molecule has 2 heterocycles. The maximum absolute atomic E-state index is 12.4. The molecule has 1 aromatic heterocycles. The van der Waals surface area contributed by atoms with E-state index < -0.39 is 5.91 Å². The van der Waals surface area contributed by atoms with E-state index in [2.05, 4.69) is 22.3 Å². The highest BCUT2D eigenvalue weighted by molar-refractivity contribution is 7.15. The lowest BCUT2D eigenvalue weighted by molar-refractivity contribution is 0.0711. The van der Waals surface area contributed by atoms with Gasteiger partial charge in [-0.25, -0.2) is 5.48 Å². The number of nitrogens with one attached hydrogen (secondary N) is 2. The Bertz CT molecular complexity index is 767. The van der Waals surface area contributed by atoms with Gasteiger partial charge in [0.25, 0.3) is 11.8 Å². The van der Waals surface area contributed by atoms with Crippen LogP contribution in [0.25, 0.3) is 0 Å². The fourth-order valence-corrected chi connectivity index (χ4v) is 3.91. The van der Waals surface area contributed by atoms with Crippen LogP contribution >= 0.6 is 11.3 Å². The molecule has 26 heavy (non-hydrogen) atoms. The molecule has 138 valence electrons. The molecule has 6 nitrogen and oxygen atoms in total. The predicted molar refractivity (Wildman–Crippen MR) is 102 cm³/mol. The molecule has 1 aliphatic rings. The molecule has 1 atom stereocenters. The molecule has 0 bridgehead atoms. The molecule has 0 radical (unpaired) electrons. The van der Waals surface area contributed by atoms with Gasteiger partial charge in [-0.15, -0.1) is 11.3 Å². The maximum atomic E-state index is 12.4. The number of amides is 2. The van der Waals surface area contributed by atoms with Crippen molar-refractivity contribution in [2.24, 2.45) is 0 Å². The second-order valence-corrected chi connectivity index (χ2v) is 7.52. The summed E-state index contributed by atoms with van der Waals surface area (Å²) in [6.45, 7) is 4.14. The van der Waals surface area contributed by atoms with E-state index in [9.17, 15) is 9.59 Å². The Balaban J connectivity index is 1.61. The monoisotopic (exact) mass is 373 g/mol. The van der Waals surface area contributed by atoms with E-state index in [0.29, 0.717) is 4.88 Å². The molecule has 1 unspecified atom stereocenters. The van der Waals surface area contributed by atoms with Gasteiger partial charge in [0.15, 0.2) is 0 Å². The summed E-state index contributed by atoms with van der Waals surface area (Å²) in [5.41, 5.74) is 3.83. The number of hydrogen-bond donors (Lipinski definition) is 3. The summed E-state index contributed by atoms with van der Waals surface area (Å²) in [5, 5.41) is 11.6. The van der Waals surface area contributed by atoms with Crippen LogP contribution < -0.4 is 15.7 Å². The number of nitrogens with zero attached hydrogens (tertiary/aromatic N) is 1. The summed E-state index contributed by atoms with van der Waals surface area (Å²) >= 11 is 1.04. The Labute approximate surface area is 156 Å². The van der Waals surface area contributed by atoms with E-state index in [1.54, 1.807) is 11.5 Å². The van der Waals surface area contributed by atoms with Crippen LogP contribution in [0.2, 0.25) is 0 Å². The van der Waals surface area contributed by atoms with Gasteiger partial charge in [-0.05, 0) is 56.0 Å². The molecule has 1 aromatic carbocycles. The quantitative estimate of drug-likeness (QED) is 0.555. The highest BCUT2D eigenvalue weighted by Gasteiger charge is 2.16. The van der Waals surface area contributed by atoms with E-state index in [1.165, 1.54) is 31.0 Å². The summed E-state index contributed by atoms with van der Waals surface area (Å²) in [5.74, 6) is -0.852. The number of piperidine rings is 1. The summed E-state index contributed by atoms with van der Waals surface area (Å²) in [7, 11) is 0. The van der Waals surface area contributed by atoms with Gasteiger partial charge < -0.3 is 10.2 Å². The van der Waals surface area contributed by atoms with E-state index in [-0.39, 0.29) is 16.8 Å². The number of hydrogen-bond acceptors (Lipinski definition) is 5. The van der Waals surface area contributed by atoms with Gasteiger partial charge in [0, 0.05) is 18.8 Å². The molecule has 0 spiro atoms. The van der Waals surface area contributed by atoms with Crippen molar-refractivity contribution < 1.29 is 14.8 Å². The highest BCUT2D eigenvalue weighted by atomic mass is 32.1. The van der Waals surface area contributed by atoms with E-state index in [1.807, 2.05) is 19.1 Å². The van der Waals surface area contributed by atoms with Gasteiger partial charge in [-0.1, -0.05) is 12.1 Å². The molecular formula is C19H23N3O3S. The first-order valence-corrected chi connectivity index (χ1v) is 9.60. The lowest BCUT2D eigenvalue weighted by Crippen LogP contribution is -2.29. The van der Waals surface area contributed by atoms with Gasteiger partial charge in [0.05, 0.1) is 15.8 Å². The van der Waals surface area contributed by atoms with Crippen LogP contribution in [0.3, 0.4) is 0 Å². The van der Waals surface area contributed by atoms with E-state index in [4.69, 9.17) is 5.21 Å². The normalized spacial score (nSPS) is 15.4. The Hall–Kier alpha value is -2.38. The van der Waals surface area contributed by atoms with Crippen LogP contribution in [-0.2, 0) is 0 Å². The summed E-state index contributed by atoms with van der Waals surface area (Å²) in [6, 6.07) is 11.3. The van der Waals surface area contributed by atoms with Gasteiger partial charge in [-0.2, -0.15) is 0 Å². The van der Waals surface area contributed by atoms with Gasteiger partial charge in [-0.3, -0.25) is 14.8 Å². The number of thiophene rings is 1. The average molecular weight is 373 g/mol. The number of carbonyl (C=O) groups is 2. The highest BCUT2D eigenvalue weighted by Crippen LogP contribution is 2.23. The zero-order valence-corrected chi connectivity index (χ0v) is 15.5. The number of rotatable bonds is 5. The largest absolute Gasteiger partial charge is 0.372 e. The summed E-state index contributed by atoms with van der Waals surface area (Å²) in [4.78, 5) is 26.9. The molecule has 1 aliphatic heterocycles. The van der Waals surface area contributed by atoms with Crippen LogP contribution in [0.15, 0.2) is 36.4 Å². The minimum atomic E-state index is -0.615. The van der Waals surface area contributed by atoms with Crippen molar-refractivity contribution in [2.75, 3.05) is 18.0 Å². The smallest absolute Gasteiger partial charge is 0.284 e. The SMILES string of the molecule is CC(NC(=O)c1ccc(C(=O)NO)s1)c1ccc(N2CCCCC2)cc1. The molecule has 1 fully saturated rings. The standard InChI is InChI=1S/C19H23N3O3S/c1-13(20-18(23)16-9-10-17(26-16)19(24)21-25)14-5-7-15(8-6-14)22-11-3-2-4-12-22/h5-10,13,25H,2-4,11-12H2,1H3,(H,20,23)(H,21,24). The fraction of sp³-hybridized carbons (Fsp3) is 0.368. The van der Waals surface area contributed by atoms with Crippen molar-refractivity contribution in [1.29, 1.82) is 0 Å². The molecule has 0 aliphatic carbocycles. The van der Waals surface area contributed by atoms with Crippen LogP contribution in [0.5, 0.6) is 0 Å². The van der Waals surface area contributed by atoms with E-state index in [0.717, 1.165) is 30.0 Å². The van der Waals surface area contributed by atoms with Gasteiger partial charge >= 0.3 is 0 Å². The molecule has 0 saturated carbocycles. The van der Waals surface area contributed by atoms with Crippen LogP contribution in [0, 0.1) is 0 Å². The first kappa shape index (κ1) is 18.4. The Kier molecular flexibility index (Phi) is 5.90. The molecule has 3 N–H and O–H groups in total. The third-order valence-corrected chi connectivity index (χ3v) is 5.70. The number of anilines is 1. The lowest BCUT2D eigenvalue weighted by Gasteiger charge is -2.29. The van der Waals surface area contributed by atoms with Gasteiger partial charge in [0.2, 0.25) is 0 Å².